The van der Waals surface area contributed by atoms with E-state index in [1.54, 1.807) is 24.3 Å². The quantitative estimate of drug-likeness (QED) is 0.417. The van der Waals surface area contributed by atoms with E-state index in [1.165, 1.54) is 36.4 Å². The van der Waals surface area contributed by atoms with E-state index in [-0.39, 0.29) is 36.1 Å². The van der Waals surface area contributed by atoms with Gasteiger partial charge in [-0.2, -0.15) is 13.2 Å². The van der Waals surface area contributed by atoms with Crippen molar-refractivity contribution in [3.8, 4) is 0 Å². The lowest BCUT2D eigenvalue weighted by atomic mass is 9.73. The molecule has 0 heterocycles. The molecule has 1 N–H and O–H groups in total. The number of ketones is 1. The van der Waals surface area contributed by atoms with Gasteiger partial charge in [-0.15, -0.1) is 0 Å². The fourth-order valence-corrected chi connectivity index (χ4v) is 6.54. The van der Waals surface area contributed by atoms with E-state index in [2.05, 4.69) is 0 Å². The summed E-state index contributed by atoms with van der Waals surface area (Å²) in [7, 11) is -4.43. The summed E-state index contributed by atoms with van der Waals surface area (Å²) in [4.78, 5) is 13.1. The van der Waals surface area contributed by atoms with Gasteiger partial charge < -0.3 is 0 Å². The number of benzene rings is 2. The molecule has 0 amide bonds. The molecule has 6 nitrogen and oxygen atoms in total. The molecule has 2 atom stereocenters. The monoisotopic (exact) mass is 503 g/mol. The Morgan fingerprint density at radius 3 is 2.00 bits per heavy atom. The van der Waals surface area contributed by atoms with E-state index < -0.39 is 57.5 Å². The molecular formula is C22H24F3NO5S2. The molecule has 2 aromatic rings. The van der Waals surface area contributed by atoms with E-state index in [0.29, 0.717) is 3.71 Å². The number of halogens is 3. The van der Waals surface area contributed by atoms with Crippen LogP contribution in [0.1, 0.15) is 36.0 Å². The van der Waals surface area contributed by atoms with E-state index >= 15 is 0 Å². The average molecular weight is 504 g/mol. The number of hydrogen-bond acceptors (Lipinski definition) is 4. The molecule has 0 bridgehead atoms. The minimum Gasteiger partial charge on any atom is -0.294 e. The molecule has 2 aromatic carbocycles. The summed E-state index contributed by atoms with van der Waals surface area (Å²) in [6, 6.07) is 15.0. The van der Waals surface area contributed by atoms with Gasteiger partial charge in [-0.05, 0) is 43.7 Å². The van der Waals surface area contributed by atoms with Crippen molar-refractivity contribution >= 4 is 27.1 Å². The highest BCUT2D eigenvalue weighted by molar-refractivity contribution is 7.99. The zero-order chi connectivity index (χ0) is 24.2. The Morgan fingerprint density at radius 2 is 1.52 bits per heavy atom. The van der Waals surface area contributed by atoms with Gasteiger partial charge >= 0.3 is 6.18 Å². The molecule has 180 valence electrons. The predicted molar refractivity (Wildman–Crippen MR) is 117 cm³/mol. The maximum atomic E-state index is 13.3. The first kappa shape index (κ1) is 25.5. The molecule has 0 spiro atoms. The summed E-state index contributed by atoms with van der Waals surface area (Å²) in [5.74, 6) is -3.58. The largest absolute Gasteiger partial charge is 0.391 e. The molecule has 1 fully saturated rings. The van der Waals surface area contributed by atoms with Crippen LogP contribution in [0.15, 0.2) is 65.6 Å². The van der Waals surface area contributed by atoms with Crippen molar-refractivity contribution in [2.45, 2.75) is 36.8 Å². The van der Waals surface area contributed by atoms with Crippen molar-refractivity contribution in [1.82, 2.24) is 3.71 Å². The van der Waals surface area contributed by atoms with Crippen LogP contribution < -0.4 is 0 Å². The lowest BCUT2D eigenvalue weighted by Gasteiger charge is -2.35. The number of alkyl halides is 3. The zero-order valence-electron chi connectivity index (χ0n) is 17.5. The van der Waals surface area contributed by atoms with Gasteiger partial charge in [-0.3, -0.25) is 9.35 Å². The number of carbonyl (C=O) groups excluding carboxylic acids is 1. The van der Waals surface area contributed by atoms with Gasteiger partial charge in [-0.1, -0.05) is 52.2 Å². The molecule has 2 unspecified atom stereocenters. The van der Waals surface area contributed by atoms with Gasteiger partial charge in [-0.25, -0.2) is 12.6 Å². The van der Waals surface area contributed by atoms with Crippen LogP contribution in [0.25, 0.3) is 0 Å². The Hall–Kier alpha value is -2.08. The number of hydrogen-bond donors (Lipinski definition) is 1. The van der Waals surface area contributed by atoms with Crippen LogP contribution in [0.3, 0.4) is 0 Å². The first-order chi connectivity index (χ1) is 15.5. The third-order valence-electron chi connectivity index (χ3n) is 6.03. The van der Waals surface area contributed by atoms with Gasteiger partial charge in [0.05, 0.1) is 10.8 Å². The molecule has 11 heteroatoms. The Balaban J connectivity index is 1.93. The number of rotatable bonds is 8. The SMILES string of the molecule is O=C(c1ccccc1)C(CN(S(=O)O)S(=O)(=O)c1ccccc1)C1CCC(C(F)(F)F)CC1. The maximum Gasteiger partial charge on any atom is 0.391 e. The van der Waals surface area contributed by atoms with E-state index in [1.807, 2.05) is 0 Å². The standard InChI is InChI=1S/C22H24F3NO5S2/c23-22(24,25)18-13-11-16(12-14-18)20(21(27)17-7-3-1-4-8-17)15-26(32(28)29)33(30,31)19-9-5-2-6-10-19/h1-10,16,18,20H,11-15H2,(H,28,29). The fourth-order valence-electron chi connectivity index (χ4n) is 4.23. The van der Waals surface area contributed by atoms with Crippen LogP contribution in [0.5, 0.6) is 0 Å². The first-order valence-electron chi connectivity index (χ1n) is 10.4. The summed E-state index contributed by atoms with van der Waals surface area (Å²) >= 11 is -2.98. The second-order valence-electron chi connectivity index (χ2n) is 8.02. The molecule has 0 radical (unpaired) electrons. The maximum absolute atomic E-state index is 13.3. The molecule has 3 rings (SSSR count). The molecular weight excluding hydrogens is 479 g/mol. The third kappa shape index (κ3) is 6.08. The lowest BCUT2D eigenvalue weighted by Crippen LogP contribution is -2.42. The van der Waals surface area contributed by atoms with Crippen molar-refractivity contribution in [2.75, 3.05) is 6.54 Å². The van der Waals surface area contributed by atoms with E-state index in [0.717, 1.165) is 0 Å². The van der Waals surface area contributed by atoms with E-state index in [9.17, 15) is 35.1 Å². The van der Waals surface area contributed by atoms with Crippen molar-refractivity contribution in [3.05, 3.63) is 66.2 Å². The van der Waals surface area contributed by atoms with Crippen molar-refractivity contribution in [2.24, 2.45) is 17.8 Å². The van der Waals surface area contributed by atoms with Gasteiger partial charge in [0.2, 0.25) is 11.3 Å². The predicted octanol–water partition coefficient (Wildman–Crippen LogP) is 4.68. The van der Waals surface area contributed by atoms with Gasteiger partial charge in [0.1, 0.15) is 0 Å². The fraction of sp³-hybridized carbons (Fsp3) is 0.409. The Labute approximate surface area is 193 Å². The highest BCUT2D eigenvalue weighted by Gasteiger charge is 2.45. The van der Waals surface area contributed by atoms with Gasteiger partial charge in [0, 0.05) is 18.0 Å². The van der Waals surface area contributed by atoms with Gasteiger partial charge in [0.25, 0.3) is 10.0 Å². The molecule has 1 aliphatic carbocycles. The second kappa shape index (κ2) is 10.5. The number of Topliss-reactive ketones (excluding diaryl/α,β-unsaturated/α-hetero) is 1. The molecule has 33 heavy (non-hydrogen) atoms. The highest BCUT2D eigenvalue weighted by atomic mass is 32.3. The minimum atomic E-state index is -4.43. The molecule has 1 saturated carbocycles. The minimum absolute atomic E-state index is 0.0602. The smallest absolute Gasteiger partial charge is 0.294 e. The van der Waals surface area contributed by atoms with Crippen LogP contribution in [0, 0.1) is 17.8 Å². The molecule has 0 saturated heterocycles. The Morgan fingerprint density at radius 1 is 1.00 bits per heavy atom. The molecule has 0 aliphatic heterocycles. The summed E-state index contributed by atoms with van der Waals surface area (Å²) in [5, 5.41) is 0. The Bertz CT molecular complexity index is 1070. The van der Waals surface area contributed by atoms with Crippen LogP contribution in [0.2, 0.25) is 0 Å². The summed E-state index contributed by atoms with van der Waals surface area (Å²) in [5.41, 5.74) is 0.265. The second-order valence-corrected chi connectivity index (χ2v) is 11.0. The molecule has 1 aliphatic rings. The normalized spacial score (nSPS) is 21.5. The van der Waals surface area contributed by atoms with Gasteiger partial charge in [0.15, 0.2) is 5.78 Å². The number of carbonyl (C=O) groups is 1. The van der Waals surface area contributed by atoms with Crippen molar-refractivity contribution < 1.29 is 35.1 Å². The third-order valence-corrected chi connectivity index (χ3v) is 9.05. The highest BCUT2D eigenvalue weighted by Crippen LogP contribution is 2.42. The lowest BCUT2D eigenvalue weighted by molar-refractivity contribution is -0.184. The van der Waals surface area contributed by atoms with Crippen LogP contribution in [-0.4, -0.2) is 39.4 Å². The summed E-state index contributed by atoms with van der Waals surface area (Å²) in [6.07, 6.45) is -4.57. The number of sulfonamides is 1. The van der Waals surface area contributed by atoms with Crippen LogP contribution in [0.4, 0.5) is 13.2 Å². The Kier molecular flexibility index (Phi) is 8.09. The van der Waals surface area contributed by atoms with E-state index in [4.69, 9.17) is 0 Å². The number of nitrogens with zero attached hydrogens (tertiary/aromatic N) is 1. The van der Waals surface area contributed by atoms with Crippen molar-refractivity contribution in [3.63, 3.8) is 0 Å². The first-order valence-corrected chi connectivity index (χ1v) is 12.9. The summed E-state index contributed by atoms with van der Waals surface area (Å²) in [6.45, 7) is -0.616. The average Bonchev–Trinajstić information content (AvgIpc) is 2.79. The van der Waals surface area contributed by atoms with Crippen LogP contribution >= 0.6 is 0 Å². The zero-order valence-corrected chi connectivity index (χ0v) is 19.2. The van der Waals surface area contributed by atoms with Crippen molar-refractivity contribution in [1.29, 1.82) is 0 Å². The van der Waals surface area contributed by atoms with Crippen LogP contribution in [-0.2, 0) is 21.3 Å². The molecule has 0 aromatic heterocycles. The summed E-state index contributed by atoms with van der Waals surface area (Å²) < 4.78 is 87.7. The topological polar surface area (TPSA) is 91.8 Å².